The van der Waals surface area contributed by atoms with E-state index in [4.69, 9.17) is 9.47 Å². The molecule has 0 aliphatic rings. The zero-order valence-corrected chi connectivity index (χ0v) is 16.2. The molecule has 4 nitrogen and oxygen atoms in total. The Morgan fingerprint density at radius 3 is 2.38 bits per heavy atom. The molecule has 134 valence electrons. The Balaban J connectivity index is 1.64. The monoisotopic (exact) mass is 412 g/mol. The SMILES string of the molecule is COc1cc(CNCc2ccncc2)cc(Br)c1OCc1ccccc1. The predicted octanol–water partition coefficient (Wildman–Crippen LogP) is 4.72. The van der Waals surface area contributed by atoms with E-state index in [1.54, 1.807) is 19.5 Å². The first-order valence-corrected chi connectivity index (χ1v) is 9.18. The maximum absolute atomic E-state index is 5.97. The third kappa shape index (κ3) is 5.07. The van der Waals surface area contributed by atoms with Crippen LogP contribution in [0.15, 0.2) is 71.5 Å². The number of methoxy groups -OCH3 is 1. The molecule has 3 rings (SSSR count). The molecular formula is C21H21BrN2O2. The number of nitrogens with zero attached hydrogens (tertiary/aromatic N) is 1. The van der Waals surface area contributed by atoms with Gasteiger partial charge in [-0.2, -0.15) is 0 Å². The van der Waals surface area contributed by atoms with Gasteiger partial charge >= 0.3 is 0 Å². The Bertz CT molecular complexity index is 826. The summed E-state index contributed by atoms with van der Waals surface area (Å²) in [4.78, 5) is 4.03. The van der Waals surface area contributed by atoms with Gasteiger partial charge in [0.15, 0.2) is 11.5 Å². The van der Waals surface area contributed by atoms with E-state index in [2.05, 4.69) is 32.3 Å². The lowest BCUT2D eigenvalue weighted by molar-refractivity contribution is 0.282. The summed E-state index contributed by atoms with van der Waals surface area (Å²) in [5, 5.41) is 3.43. The molecule has 0 aliphatic carbocycles. The van der Waals surface area contributed by atoms with E-state index in [1.807, 2.05) is 48.5 Å². The molecule has 1 heterocycles. The van der Waals surface area contributed by atoms with Crippen LogP contribution >= 0.6 is 15.9 Å². The predicted molar refractivity (Wildman–Crippen MR) is 106 cm³/mol. The molecule has 1 aromatic heterocycles. The van der Waals surface area contributed by atoms with Gasteiger partial charge in [-0.25, -0.2) is 0 Å². The zero-order valence-electron chi connectivity index (χ0n) is 14.6. The first-order chi connectivity index (χ1) is 12.8. The van der Waals surface area contributed by atoms with Gasteiger partial charge in [0.05, 0.1) is 11.6 Å². The van der Waals surface area contributed by atoms with E-state index in [-0.39, 0.29) is 0 Å². The number of nitrogens with one attached hydrogen (secondary N) is 1. The van der Waals surface area contributed by atoms with Crippen LogP contribution in [-0.4, -0.2) is 12.1 Å². The highest BCUT2D eigenvalue weighted by atomic mass is 79.9. The van der Waals surface area contributed by atoms with Gasteiger partial charge in [-0.05, 0) is 56.9 Å². The molecule has 0 saturated carbocycles. The zero-order chi connectivity index (χ0) is 18.2. The molecule has 26 heavy (non-hydrogen) atoms. The molecule has 3 aromatic rings. The maximum atomic E-state index is 5.97. The second-order valence-electron chi connectivity index (χ2n) is 5.84. The highest BCUT2D eigenvalue weighted by Gasteiger charge is 2.12. The summed E-state index contributed by atoms with van der Waals surface area (Å²) in [7, 11) is 1.66. The molecule has 0 fully saturated rings. The smallest absolute Gasteiger partial charge is 0.175 e. The molecular weight excluding hydrogens is 392 g/mol. The van der Waals surface area contributed by atoms with Gasteiger partial charge in [0.2, 0.25) is 0 Å². The normalized spacial score (nSPS) is 10.5. The summed E-state index contributed by atoms with van der Waals surface area (Å²) < 4.78 is 12.4. The van der Waals surface area contributed by atoms with Crippen LogP contribution in [0.1, 0.15) is 16.7 Å². The van der Waals surface area contributed by atoms with Crippen molar-refractivity contribution in [2.75, 3.05) is 7.11 Å². The van der Waals surface area contributed by atoms with Crippen LogP contribution in [0.4, 0.5) is 0 Å². The lowest BCUT2D eigenvalue weighted by Crippen LogP contribution is -2.13. The fraction of sp³-hybridized carbons (Fsp3) is 0.190. The van der Waals surface area contributed by atoms with Gasteiger partial charge in [-0.1, -0.05) is 30.3 Å². The Morgan fingerprint density at radius 2 is 1.65 bits per heavy atom. The summed E-state index contributed by atoms with van der Waals surface area (Å²) in [6, 6.07) is 18.1. The van der Waals surface area contributed by atoms with Gasteiger partial charge in [-0.3, -0.25) is 4.98 Å². The summed E-state index contributed by atoms with van der Waals surface area (Å²) in [6.07, 6.45) is 3.60. The lowest BCUT2D eigenvalue weighted by atomic mass is 10.2. The van der Waals surface area contributed by atoms with E-state index in [1.165, 1.54) is 5.56 Å². The van der Waals surface area contributed by atoms with Crippen molar-refractivity contribution in [2.45, 2.75) is 19.7 Å². The van der Waals surface area contributed by atoms with Crippen molar-refractivity contribution in [1.82, 2.24) is 10.3 Å². The maximum Gasteiger partial charge on any atom is 0.175 e. The van der Waals surface area contributed by atoms with Crippen molar-refractivity contribution in [3.8, 4) is 11.5 Å². The number of rotatable bonds is 8. The second-order valence-corrected chi connectivity index (χ2v) is 6.70. The minimum Gasteiger partial charge on any atom is -0.493 e. The highest BCUT2D eigenvalue weighted by Crippen LogP contribution is 2.37. The number of hydrogen-bond donors (Lipinski definition) is 1. The van der Waals surface area contributed by atoms with Crippen LogP contribution in [0.3, 0.4) is 0 Å². The van der Waals surface area contributed by atoms with Crippen molar-refractivity contribution < 1.29 is 9.47 Å². The molecule has 0 atom stereocenters. The second kappa shape index (κ2) is 9.36. The van der Waals surface area contributed by atoms with E-state index in [9.17, 15) is 0 Å². The Kier molecular flexibility index (Phi) is 6.63. The number of pyridine rings is 1. The van der Waals surface area contributed by atoms with E-state index in [0.717, 1.165) is 34.4 Å². The molecule has 0 saturated heterocycles. The van der Waals surface area contributed by atoms with Crippen LogP contribution in [0, 0.1) is 0 Å². The third-order valence-electron chi connectivity index (χ3n) is 3.92. The first kappa shape index (κ1) is 18.4. The number of halogens is 1. The highest BCUT2D eigenvalue weighted by molar-refractivity contribution is 9.10. The first-order valence-electron chi connectivity index (χ1n) is 8.39. The molecule has 0 spiro atoms. The topological polar surface area (TPSA) is 43.4 Å². The molecule has 0 amide bonds. The summed E-state index contributed by atoms with van der Waals surface area (Å²) in [5.74, 6) is 1.44. The molecule has 2 aromatic carbocycles. The Labute approximate surface area is 162 Å². The van der Waals surface area contributed by atoms with Crippen molar-refractivity contribution in [1.29, 1.82) is 0 Å². The van der Waals surface area contributed by atoms with Gasteiger partial charge in [-0.15, -0.1) is 0 Å². The average Bonchev–Trinajstić information content (AvgIpc) is 2.68. The van der Waals surface area contributed by atoms with Crippen LogP contribution in [0.2, 0.25) is 0 Å². The summed E-state index contributed by atoms with van der Waals surface area (Å²) >= 11 is 3.61. The van der Waals surface area contributed by atoms with Crippen molar-refractivity contribution in [2.24, 2.45) is 0 Å². The number of aromatic nitrogens is 1. The van der Waals surface area contributed by atoms with E-state index in [0.29, 0.717) is 12.4 Å². The van der Waals surface area contributed by atoms with Crippen LogP contribution in [0.25, 0.3) is 0 Å². The minimum atomic E-state index is 0.495. The van der Waals surface area contributed by atoms with Crippen molar-refractivity contribution >= 4 is 15.9 Å². The fourth-order valence-corrected chi connectivity index (χ4v) is 3.20. The third-order valence-corrected chi connectivity index (χ3v) is 4.51. The average molecular weight is 413 g/mol. The van der Waals surface area contributed by atoms with E-state index >= 15 is 0 Å². The van der Waals surface area contributed by atoms with E-state index < -0.39 is 0 Å². The van der Waals surface area contributed by atoms with Crippen LogP contribution < -0.4 is 14.8 Å². The van der Waals surface area contributed by atoms with Crippen molar-refractivity contribution in [3.63, 3.8) is 0 Å². The number of benzene rings is 2. The summed E-state index contributed by atoms with van der Waals surface area (Å²) in [5.41, 5.74) is 3.44. The van der Waals surface area contributed by atoms with Gasteiger partial charge < -0.3 is 14.8 Å². The lowest BCUT2D eigenvalue weighted by Gasteiger charge is -2.15. The Hall–Kier alpha value is -2.37. The minimum absolute atomic E-state index is 0.495. The molecule has 0 aliphatic heterocycles. The summed E-state index contributed by atoms with van der Waals surface area (Å²) in [6.45, 7) is 2.01. The molecule has 0 radical (unpaired) electrons. The van der Waals surface area contributed by atoms with Gasteiger partial charge in [0, 0.05) is 25.5 Å². The molecule has 5 heteroatoms. The van der Waals surface area contributed by atoms with Crippen LogP contribution in [0.5, 0.6) is 11.5 Å². The van der Waals surface area contributed by atoms with Crippen LogP contribution in [-0.2, 0) is 19.7 Å². The Morgan fingerprint density at radius 1 is 0.923 bits per heavy atom. The van der Waals surface area contributed by atoms with Gasteiger partial charge in [0.25, 0.3) is 0 Å². The fourth-order valence-electron chi connectivity index (χ4n) is 2.60. The van der Waals surface area contributed by atoms with Crippen molar-refractivity contribution in [3.05, 3.63) is 88.2 Å². The number of ether oxygens (including phenoxy) is 2. The quantitative estimate of drug-likeness (QED) is 0.580. The number of hydrogen-bond acceptors (Lipinski definition) is 4. The van der Waals surface area contributed by atoms with Gasteiger partial charge in [0.1, 0.15) is 6.61 Å². The molecule has 0 bridgehead atoms. The molecule has 1 N–H and O–H groups in total. The standard InChI is InChI=1S/C21H21BrN2O2/c1-25-20-12-18(14-24-13-16-7-9-23-10-8-16)11-19(22)21(20)26-15-17-5-3-2-4-6-17/h2-12,24H,13-15H2,1H3. The largest absolute Gasteiger partial charge is 0.493 e. The molecule has 0 unspecified atom stereocenters.